The van der Waals surface area contributed by atoms with Crippen molar-refractivity contribution in [1.82, 2.24) is 0 Å². The van der Waals surface area contributed by atoms with Gasteiger partial charge >= 0.3 is 0 Å². The topological polar surface area (TPSA) is 31.0 Å². The second-order valence-electron chi connectivity index (χ2n) is 2.77. The molecule has 3 heteroatoms. The molecular formula is C8H16O3. The van der Waals surface area contributed by atoms with Crippen LogP contribution in [0.15, 0.2) is 0 Å². The number of methoxy groups -OCH3 is 1. The first-order chi connectivity index (χ1) is 5.36. The third kappa shape index (κ3) is 3.70. The van der Waals surface area contributed by atoms with E-state index in [1.165, 1.54) is 0 Å². The lowest BCUT2D eigenvalue weighted by Gasteiger charge is -2.13. The van der Waals surface area contributed by atoms with Crippen molar-refractivity contribution in [1.29, 1.82) is 0 Å². The number of hydrogen-bond acceptors (Lipinski definition) is 3. The molecule has 0 N–H and O–H groups in total. The van der Waals surface area contributed by atoms with Gasteiger partial charge in [0.2, 0.25) is 0 Å². The van der Waals surface area contributed by atoms with Crippen molar-refractivity contribution in [3.05, 3.63) is 0 Å². The Balaban J connectivity index is 1.98. The van der Waals surface area contributed by atoms with Crippen molar-refractivity contribution < 1.29 is 14.2 Å². The molecule has 1 heterocycles. The maximum absolute atomic E-state index is 5.51. The van der Waals surface area contributed by atoms with E-state index in [1.807, 2.05) is 0 Å². The van der Waals surface area contributed by atoms with Gasteiger partial charge in [0.05, 0.1) is 25.9 Å². The Morgan fingerprint density at radius 1 is 1.64 bits per heavy atom. The Labute approximate surface area is 67.6 Å². The van der Waals surface area contributed by atoms with Crippen LogP contribution in [0, 0.1) is 0 Å². The first-order valence-corrected chi connectivity index (χ1v) is 4.09. The van der Waals surface area contributed by atoms with E-state index in [0.717, 1.165) is 19.6 Å². The highest BCUT2D eigenvalue weighted by atomic mass is 16.6. The Kier molecular flexibility index (Phi) is 3.83. The number of rotatable bonds is 6. The second kappa shape index (κ2) is 4.70. The minimum Gasteiger partial charge on any atom is -0.382 e. The molecule has 0 spiro atoms. The summed E-state index contributed by atoms with van der Waals surface area (Å²) in [5.74, 6) is 0. The van der Waals surface area contributed by atoms with Gasteiger partial charge in [-0.1, -0.05) is 6.92 Å². The molecule has 2 atom stereocenters. The number of hydrogen-bond donors (Lipinski definition) is 0. The standard InChI is InChI=1S/C8H16O3/c1-3-7(4-9-2)10-5-8-6-11-8/h7-8H,3-6H2,1-2H3. The fourth-order valence-corrected chi connectivity index (χ4v) is 0.877. The molecule has 0 amide bonds. The molecule has 1 aliphatic heterocycles. The van der Waals surface area contributed by atoms with Crippen molar-refractivity contribution in [2.75, 3.05) is 26.9 Å². The molecule has 1 aliphatic rings. The summed E-state index contributed by atoms with van der Waals surface area (Å²) < 4.78 is 15.5. The zero-order chi connectivity index (χ0) is 8.10. The van der Waals surface area contributed by atoms with E-state index < -0.39 is 0 Å². The lowest BCUT2D eigenvalue weighted by Crippen LogP contribution is -2.20. The average molecular weight is 160 g/mol. The summed E-state index contributed by atoms with van der Waals surface area (Å²) in [6, 6.07) is 0. The first kappa shape index (κ1) is 8.97. The SMILES string of the molecule is CCC(COC)OCC1CO1. The van der Waals surface area contributed by atoms with Gasteiger partial charge in [0.1, 0.15) is 6.10 Å². The molecule has 2 unspecified atom stereocenters. The van der Waals surface area contributed by atoms with Gasteiger partial charge < -0.3 is 14.2 Å². The Morgan fingerprint density at radius 3 is 2.82 bits per heavy atom. The Hall–Kier alpha value is -0.120. The lowest BCUT2D eigenvalue weighted by molar-refractivity contribution is -0.00933. The van der Waals surface area contributed by atoms with Gasteiger partial charge in [-0.3, -0.25) is 0 Å². The minimum atomic E-state index is 0.240. The van der Waals surface area contributed by atoms with Crippen LogP contribution in [0.3, 0.4) is 0 Å². The number of epoxide rings is 1. The second-order valence-corrected chi connectivity index (χ2v) is 2.77. The van der Waals surface area contributed by atoms with Gasteiger partial charge in [-0.15, -0.1) is 0 Å². The Bertz CT molecular complexity index is 102. The third-order valence-corrected chi connectivity index (χ3v) is 1.73. The molecule has 66 valence electrons. The van der Waals surface area contributed by atoms with E-state index in [4.69, 9.17) is 14.2 Å². The van der Waals surface area contributed by atoms with Crippen LogP contribution in [-0.2, 0) is 14.2 Å². The molecule has 3 nitrogen and oxygen atoms in total. The van der Waals surface area contributed by atoms with Crippen molar-refractivity contribution in [2.24, 2.45) is 0 Å². The fraction of sp³-hybridized carbons (Fsp3) is 1.00. The van der Waals surface area contributed by atoms with Gasteiger partial charge in [-0.05, 0) is 6.42 Å². The average Bonchev–Trinajstić information content (AvgIpc) is 2.81. The van der Waals surface area contributed by atoms with Crippen molar-refractivity contribution in [2.45, 2.75) is 25.6 Å². The fourth-order valence-electron chi connectivity index (χ4n) is 0.877. The monoisotopic (exact) mass is 160 g/mol. The van der Waals surface area contributed by atoms with E-state index in [2.05, 4.69) is 6.92 Å². The molecule has 0 aromatic carbocycles. The zero-order valence-corrected chi connectivity index (χ0v) is 7.21. The number of ether oxygens (including phenoxy) is 3. The third-order valence-electron chi connectivity index (χ3n) is 1.73. The summed E-state index contributed by atoms with van der Waals surface area (Å²) >= 11 is 0. The Morgan fingerprint density at radius 2 is 2.36 bits per heavy atom. The molecule has 1 fully saturated rings. The van der Waals surface area contributed by atoms with Gasteiger partial charge in [0, 0.05) is 7.11 Å². The van der Waals surface area contributed by atoms with E-state index in [-0.39, 0.29) is 6.10 Å². The highest BCUT2D eigenvalue weighted by Crippen LogP contribution is 2.10. The summed E-state index contributed by atoms with van der Waals surface area (Å²) in [4.78, 5) is 0. The largest absolute Gasteiger partial charge is 0.382 e. The lowest BCUT2D eigenvalue weighted by atomic mass is 10.3. The van der Waals surface area contributed by atoms with Crippen LogP contribution in [0.2, 0.25) is 0 Å². The van der Waals surface area contributed by atoms with Crippen molar-refractivity contribution in [3.63, 3.8) is 0 Å². The van der Waals surface area contributed by atoms with Crippen LogP contribution < -0.4 is 0 Å². The minimum absolute atomic E-state index is 0.240. The van der Waals surface area contributed by atoms with E-state index in [0.29, 0.717) is 12.7 Å². The van der Waals surface area contributed by atoms with E-state index in [1.54, 1.807) is 7.11 Å². The smallest absolute Gasteiger partial charge is 0.104 e. The molecule has 11 heavy (non-hydrogen) atoms. The quantitative estimate of drug-likeness (QED) is 0.539. The highest BCUT2D eigenvalue weighted by Gasteiger charge is 2.23. The molecule has 0 radical (unpaired) electrons. The molecule has 1 rings (SSSR count). The molecule has 0 saturated carbocycles. The summed E-state index contributed by atoms with van der Waals surface area (Å²) in [6.45, 7) is 4.37. The van der Waals surface area contributed by atoms with E-state index >= 15 is 0 Å². The predicted molar refractivity (Wildman–Crippen MR) is 41.6 cm³/mol. The van der Waals surface area contributed by atoms with Gasteiger partial charge in [-0.25, -0.2) is 0 Å². The molecule has 0 aromatic heterocycles. The van der Waals surface area contributed by atoms with Gasteiger partial charge in [-0.2, -0.15) is 0 Å². The summed E-state index contributed by atoms with van der Waals surface area (Å²) in [7, 11) is 1.69. The summed E-state index contributed by atoms with van der Waals surface area (Å²) in [6.07, 6.45) is 1.60. The first-order valence-electron chi connectivity index (χ1n) is 4.09. The van der Waals surface area contributed by atoms with Gasteiger partial charge in [0.15, 0.2) is 0 Å². The van der Waals surface area contributed by atoms with Crippen molar-refractivity contribution >= 4 is 0 Å². The predicted octanol–water partition coefficient (Wildman–Crippen LogP) is 0.827. The molecular weight excluding hydrogens is 144 g/mol. The summed E-state index contributed by atoms with van der Waals surface area (Å²) in [5, 5.41) is 0. The zero-order valence-electron chi connectivity index (χ0n) is 7.21. The van der Waals surface area contributed by atoms with Crippen LogP contribution in [0.25, 0.3) is 0 Å². The van der Waals surface area contributed by atoms with E-state index in [9.17, 15) is 0 Å². The molecule has 1 saturated heterocycles. The van der Waals surface area contributed by atoms with Crippen LogP contribution in [-0.4, -0.2) is 39.1 Å². The van der Waals surface area contributed by atoms with Crippen LogP contribution >= 0.6 is 0 Å². The van der Waals surface area contributed by atoms with Crippen LogP contribution in [0.5, 0.6) is 0 Å². The maximum atomic E-state index is 5.51. The van der Waals surface area contributed by atoms with Gasteiger partial charge in [0.25, 0.3) is 0 Å². The molecule has 0 aromatic rings. The summed E-state index contributed by atoms with van der Waals surface area (Å²) in [5.41, 5.74) is 0. The molecule has 0 aliphatic carbocycles. The van der Waals surface area contributed by atoms with Crippen LogP contribution in [0.4, 0.5) is 0 Å². The van der Waals surface area contributed by atoms with Crippen LogP contribution in [0.1, 0.15) is 13.3 Å². The normalized spacial score (nSPS) is 25.1. The maximum Gasteiger partial charge on any atom is 0.104 e. The highest BCUT2D eigenvalue weighted by molar-refractivity contribution is 4.68. The van der Waals surface area contributed by atoms with Crippen molar-refractivity contribution in [3.8, 4) is 0 Å². The molecule has 0 bridgehead atoms.